The lowest BCUT2D eigenvalue weighted by atomic mass is 9.97. The van der Waals surface area contributed by atoms with Crippen LogP contribution in [0.5, 0.6) is 0 Å². The van der Waals surface area contributed by atoms with E-state index in [2.05, 4.69) is 15.3 Å². The normalized spacial score (nSPS) is 15.1. The van der Waals surface area contributed by atoms with Gasteiger partial charge in [-0.1, -0.05) is 24.3 Å². The maximum Gasteiger partial charge on any atom is 0.252 e. The molecule has 1 aromatic heterocycles. The molecule has 1 aliphatic heterocycles. The summed E-state index contributed by atoms with van der Waals surface area (Å²) in [4.78, 5) is 21.4. The summed E-state index contributed by atoms with van der Waals surface area (Å²) in [6.07, 6.45) is 0.336. The number of aliphatic hydroxyl groups is 2. The Morgan fingerprint density at radius 2 is 1.80 bits per heavy atom. The molecule has 0 aliphatic carbocycles. The quantitative estimate of drug-likeness (QED) is 0.461. The lowest BCUT2D eigenvalue weighted by Gasteiger charge is -2.23. The summed E-state index contributed by atoms with van der Waals surface area (Å²) >= 11 is 0. The first kappa shape index (κ1) is 24.3. The fraction of sp³-hybridized carbons (Fsp3) is 0.192. The van der Waals surface area contributed by atoms with Crippen molar-refractivity contribution < 1.29 is 28.2 Å². The van der Waals surface area contributed by atoms with Gasteiger partial charge in [0, 0.05) is 23.9 Å². The lowest BCUT2D eigenvalue weighted by molar-refractivity contribution is 0.0565. The molecule has 1 amide bonds. The Hall–Kier alpha value is -3.82. The van der Waals surface area contributed by atoms with Crippen LogP contribution < -0.4 is 5.32 Å². The molecule has 0 unspecified atom stereocenters. The summed E-state index contributed by atoms with van der Waals surface area (Å²) in [6.45, 7) is -0.730. The van der Waals surface area contributed by atoms with Gasteiger partial charge in [-0.05, 0) is 42.0 Å². The number of amides is 1. The number of pyridine rings is 1. The van der Waals surface area contributed by atoms with E-state index in [0.29, 0.717) is 11.3 Å². The molecule has 2 aromatic carbocycles. The minimum Gasteiger partial charge on any atom is -0.394 e. The second-order valence-corrected chi connectivity index (χ2v) is 7.98. The third-order valence-corrected chi connectivity index (χ3v) is 5.68. The highest BCUT2D eigenvalue weighted by atomic mass is 19.1. The van der Waals surface area contributed by atoms with Gasteiger partial charge in [0.05, 0.1) is 36.4 Å². The molecule has 0 radical (unpaired) electrons. The molecule has 180 valence electrons. The van der Waals surface area contributed by atoms with Crippen LogP contribution in [0.1, 0.15) is 27.2 Å². The van der Waals surface area contributed by atoms with Gasteiger partial charge < -0.3 is 15.5 Å². The molecule has 0 saturated carbocycles. The highest BCUT2D eigenvalue weighted by molar-refractivity contribution is 6.21. The van der Waals surface area contributed by atoms with Gasteiger partial charge in [-0.25, -0.2) is 13.2 Å². The Balaban J connectivity index is 1.65. The average Bonchev–Trinajstić information content (AvgIpc) is 3.24. The molecule has 2 heterocycles. The second kappa shape index (κ2) is 10.6. The van der Waals surface area contributed by atoms with E-state index < -0.39 is 42.1 Å². The number of aromatic nitrogens is 1. The Kier molecular flexibility index (Phi) is 7.38. The lowest BCUT2D eigenvalue weighted by Crippen LogP contribution is -2.46. The number of nitrogens with zero attached hydrogens (tertiary/aromatic N) is 2. The Morgan fingerprint density at radius 1 is 1.03 bits per heavy atom. The number of allylic oxidation sites excluding steroid dienone is 1. The number of benzene rings is 2. The van der Waals surface area contributed by atoms with Gasteiger partial charge in [0.2, 0.25) is 0 Å². The summed E-state index contributed by atoms with van der Waals surface area (Å²) in [5, 5.41) is 22.3. The van der Waals surface area contributed by atoms with Crippen LogP contribution >= 0.6 is 0 Å². The van der Waals surface area contributed by atoms with Gasteiger partial charge in [0.1, 0.15) is 17.3 Å². The van der Waals surface area contributed by atoms with E-state index >= 15 is 4.39 Å². The number of aliphatic hydroxyl groups excluding tert-OH is 2. The number of nitrogens with one attached hydrogen (secondary N) is 1. The standard InChI is InChI=1S/C26H22F3N3O3/c27-16-9-7-15(8-10-16)19-13-31-25(24(19)29)23-18(5-3-6-20(23)28)26(35)32-21(22(34)14-33)12-17-4-1-2-11-30-17/h1-11,21-22,33-34H,12-14H2,(H,32,35)/t21-,22+/m1/s1. The summed E-state index contributed by atoms with van der Waals surface area (Å²) in [6, 6.07) is 13.1. The van der Waals surface area contributed by atoms with E-state index in [0.717, 1.165) is 6.07 Å². The molecule has 0 fully saturated rings. The molecule has 2 atom stereocenters. The number of aliphatic imine (C=N–C) groups is 1. The van der Waals surface area contributed by atoms with Crippen LogP contribution in [0.2, 0.25) is 0 Å². The number of carbonyl (C=O) groups excluding carboxylic acids is 1. The Labute approximate surface area is 199 Å². The SMILES string of the molecule is O=C(N[C@H](Cc1ccccn1)[C@@H](O)CO)c1cccc(F)c1C1=NCC(c2ccc(F)cc2)=C1F. The van der Waals surface area contributed by atoms with E-state index in [4.69, 9.17) is 0 Å². The van der Waals surface area contributed by atoms with E-state index in [1.54, 1.807) is 24.4 Å². The van der Waals surface area contributed by atoms with Crippen LogP contribution in [0.3, 0.4) is 0 Å². The smallest absolute Gasteiger partial charge is 0.252 e. The number of carbonyl (C=O) groups is 1. The van der Waals surface area contributed by atoms with Crippen molar-refractivity contribution in [1.29, 1.82) is 0 Å². The van der Waals surface area contributed by atoms with Crippen molar-refractivity contribution in [3.63, 3.8) is 0 Å². The molecule has 0 spiro atoms. The fourth-order valence-electron chi connectivity index (χ4n) is 3.85. The molecule has 0 saturated heterocycles. The van der Waals surface area contributed by atoms with Crippen molar-refractivity contribution in [3.05, 3.63) is 107 Å². The highest BCUT2D eigenvalue weighted by Gasteiger charge is 2.30. The predicted octanol–water partition coefficient (Wildman–Crippen LogP) is 3.24. The minimum atomic E-state index is -1.32. The number of hydrogen-bond donors (Lipinski definition) is 3. The first-order valence-corrected chi connectivity index (χ1v) is 10.9. The molecular weight excluding hydrogens is 459 g/mol. The van der Waals surface area contributed by atoms with Crippen LogP contribution in [0.4, 0.5) is 13.2 Å². The largest absolute Gasteiger partial charge is 0.394 e. The average molecular weight is 481 g/mol. The van der Waals surface area contributed by atoms with Gasteiger partial charge in [0.15, 0.2) is 5.83 Å². The monoisotopic (exact) mass is 481 g/mol. The van der Waals surface area contributed by atoms with Gasteiger partial charge in [-0.2, -0.15) is 0 Å². The van der Waals surface area contributed by atoms with E-state index in [1.165, 1.54) is 36.4 Å². The van der Waals surface area contributed by atoms with E-state index in [9.17, 15) is 23.8 Å². The third kappa shape index (κ3) is 5.31. The van der Waals surface area contributed by atoms with Crippen LogP contribution in [0, 0.1) is 11.6 Å². The summed E-state index contributed by atoms with van der Waals surface area (Å²) in [5.74, 6) is -2.92. The molecular formula is C26H22F3N3O3. The van der Waals surface area contributed by atoms with E-state index in [1.807, 2.05) is 0 Å². The molecule has 3 N–H and O–H groups in total. The molecule has 9 heteroatoms. The van der Waals surface area contributed by atoms with Crippen molar-refractivity contribution in [3.8, 4) is 0 Å². The van der Waals surface area contributed by atoms with Gasteiger partial charge in [-0.3, -0.25) is 14.8 Å². The molecule has 0 bridgehead atoms. The van der Waals surface area contributed by atoms with Crippen molar-refractivity contribution in [2.24, 2.45) is 4.99 Å². The topological polar surface area (TPSA) is 94.8 Å². The van der Waals surface area contributed by atoms with Gasteiger partial charge in [-0.15, -0.1) is 0 Å². The first-order valence-electron chi connectivity index (χ1n) is 10.9. The fourth-order valence-corrected chi connectivity index (χ4v) is 3.85. The van der Waals surface area contributed by atoms with Crippen LogP contribution in [-0.2, 0) is 6.42 Å². The Bertz CT molecular complexity index is 1280. The van der Waals surface area contributed by atoms with Gasteiger partial charge >= 0.3 is 0 Å². The number of hydrogen-bond acceptors (Lipinski definition) is 5. The molecule has 3 aromatic rings. The molecule has 1 aliphatic rings. The number of rotatable bonds is 8. The summed E-state index contributed by atoms with van der Waals surface area (Å²) in [5.41, 5.74) is 0.273. The third-order valence-electron chi connectivity index (χ3n) is 5.68. The molecule has 6 nitrogen and oxygen atoms in total. The van der Waals surface area contributed by atoms with Crippen molar-refractivity contribution in [2.75, 3.05) is 13.2 Å². The molecule has 4 rings (SSSR count). The summed E-state index contributed by atoms with van der Waals surface area (Å²) < 4.78 is 43.5. The van der Waals surface area contributed by atoms with Crippen molar-refractivity contribution in [1.82, 2.24) is 10.3 Å². The number of halogens is 3. The maximum absolute atomic E-state index is 15.4. The van der Waals surface area contributed by atoms with Crippen molar-refractivity contribution >= 4 is 17.2 Å². The van der Waals surface area contributed by atoms with Crippen LogP contribution in [0.15, 0.2) is 77.7 Å². The maximum atomic E-state index is 15.4. The minimum absolute atomic E-state index is 0.100. The highest BCUT2D eigenvalue weighted by Crippen LogP contribution is 2.31. The Morgan fingerprint density at radius 3 is 2.49 bits per heavy atom. The zero-order chi connectivity index (χ0) is 24.9. The predicted molar refractivity (Wildman–Crippen MR) is 125 cm³/mol. The van der Waals surface area contributed by atoms with E-state index in [-0.39, 0.29) is 35.4 Å². The molecule has 35 heavy (non-hydrogen) atoms. The van der Waals surface area contributed by atoms with Crippen LogP contribution in [-0.4, -0.2) is 52.1 Å². The first-order chi connectivity index (χ1) is 16.9. The second-order valence-electron chi connectivity index (χ2n) is 7.98. The van der Waals surface area contributed by atoms with Crippen LogP contribution in [0.25, 0.3) is 5.57 Å². The zero-order valence-corrected chi connectivity index (χ0v) is 18.5. The van der Waals surface area contributed by atoms with Gasteiger partial charge in [0.25, 0.3) is 5.91 Å². The van der Waals surface area contributed by atoms with Crippen molar-refractivity contribution in [2.45, 2.75) is 18.6 Å². The zero-order valence-electron chi connectivity index (χ0n) is 18.5. The summed E-state index contributed by atoms with van der Waals surface area (Å²) in [7, 11) is 0.